The van der Waals surface area contributed by atoms with E-state index in [9.17, 15) is 0 Å². The molecule has 2 rings (SSSR count). The van der Waals surface area contributed by atoms with Crippen LogP contribution < -0.4 is 20.1 Å². The van der Waals surface area contributed by atoms with Crippen molar-refractivity contribution >= 4 is 0 Å². The highest BCUT2D eigenvalue weighted by atomic mass is 16.5. The van der Waals surface area contributed by atoms with Crippen molar-refractivity contribution < 1.29 is 18.9 Å². The Balaban J connectivity index is 1.37. The van der Waals surface area contributed by atoms with Gasteiger partial charge in [0, 0.05) is 26.2 Å². The summed E-state index contributed by atoms with van der Waals surface area (Å²) in [6, 6.07) is 16.5. The van der Waals surface area contributed by atoms with Crippen molar-refractivity contribution in [3.8, 4) is 11.5 Å². The maximum atomic E-state index is 5.61. The zero-order valence-corrected chi connectivity index (χ0v) is 19.7. The number of hydrogen-bond acceptors (Lipinski definition) is 6. The van der Waals surface area contributed by atoms with Gasteiger partial charge in [0.2, 0.25) is 0 Å². The van der Waals surface area contributed by atoms with Crippen molar-refractivity contribution in [1.82, 2.24) is 10.6 Å². The summed E-state index contributed by atoms with van der Waals surface area (Å²) >= 11 is 0. The SMILES string of the molecule is CCCOc1ccc(CNCCOCCOCCNCc2ccc(OCCC)cc2)cc1. The normalized spacial score (nSPS) is 10.9. The van der Waals surface area contributed by atoms with Gasteiger partial charge in [-0.1, -0.05) is 38.1 Å². The van der Waals surface area contributed by atoms with Gasteiger partial charge in [0.1, 0.15) is 11.5 Å². The van der Waals surface area contributed by atoms with Gasteiger partial charge in [-0.25, -0.2) is 0 Å². The Kier molecular flexibility index (Phi) is 14.2. The summed E-state index contributed by atoms with van der Waals surface area (Å²) in [6.45, 7) is 11.6. The molecule has 178 valence electrons. The Bertz CT molecular complexity index is 630. The lowest BCUT2D eigenvalue weighted by Gasteiger charge is -2.09. The maximum Gasteiger partial charge on any atom is 0.119 e. The molecule has 0 aromatic heterocycles. The van der Waals surface area contributed by atoms with Gasteiger partial charge in [-0.05, 0) is 48.2 Å². The minimum atomic E-state index is 0.615. The first-order chi connectivity index (χ1) is 15.8. The Morgan fingerprint density at radius 1 is 0.531 bits per heavy atom. The van der Waals surface area contributed by atoms with Crippen molar-refractivity contribution in [3.05, 3.63) is 59.7 Å². The van der Waals surface area contributed by atoms with Crippen LogP contribution in [0, 0.1) is 0 Å². The van der Waals surface area contributed by atoms with Gasteiger partial charge in [0.15, 0.2) is 0 Å². The topological polar surface area (TPSA) is 61.0 Å². The van der Waals surface area contributed by atoms with E-state index in [1.165, 1.54) is 11.1 Å². The third-order valence-corrected chi connectivity index (χ3v) is 4.67. The zero-order valence-electron chi connectivity index (χ0n) is 19.7. The Hall–Kier alpha value is -2.12. The second kappa shape index (κ2) is 17.4. The first kappa shape index (κ1) is 26.1. The molecule has 2 aromatic carbocycles. The van der Waals surface area contributed by atoms with E-state index in [4.69, 9.17) is 18.9 Å². The molecule has 0 radical (unpaired) electrons. The van der Waals surface area contributed by atoms with E-state index in [2.05, 4.69) is 48.7 Å². The van der Waals surface area contributed by atoms with E-state index in [1.807, 2.05) is 24.3 Å². The van der Waals surface area contributed by atoms with Gasteiger partial charge in [-0.2, -0.15) is 0 Å². The number of ether oxygens (including phenoxy) is 4. The van der Waals surface area contributed by atoms with Crippen LogP contribution in [-0.4, -0.2) is 52.7 Å². The summed E-state index contributed by atoms with van der Waals surface area (Å²) < 4.78 is 22.4. The molecule has 0 aliphatic carbocycles. The van der Waals surface area contributed by atoms with Crippen molar-refractivity contribution in [1.29, 1.82) is 0 Å². The first-order valence-corrected chi connectivity index (χ1v) is 11.8. The highest BCUT2D eigenvalue weighted by Crippen LogP contribution is 2.13. The van der Waals surface area contributed by atoms with E-state index < -0.39 is 0 Å². The van der Waals surface area contributed by atoms with Crippen LogP contribution in [0.1, 0.15) is 37.8 Å². The molecule has 0 aliphatic rings. The summed E-state index contributed by atoms with van der Waals surface area (Å²) in [5.41, 5.74) is 2.48. The maximum absolute atomic E-state index is 5.61. The summed E-state index contributed by atoms with van der Waals surface area (Å²) in [7, 11) is 0. The van der Waals surface area contributed by atoms with Crippen LogP contribution in [0.15, 0.2) is 48.5 Å². The van der Waals surface area contributed by atoms with Gasteiger partial charge < -0.3 is 29.6 Å². The van der Waals surface area contributed by atoms with Crippen molar-refractivity contribution in [3.63, 3.8) is 0 Å². The molecule has 6 heteroatoms. The summed E-state index contributed by atoms with van der Waals surface area (Å²) in [4.78, 5) is 0. The molecule has 2 aromatic rings. The van der Waals surface area contributed by atoms with Crippen molar-refractivity contribution in [2.24, 2.45) is 0 Å². The number of nitrogens with one attached hydrogen (secondary N) is 2. The fraction of sp³-hybridized carbons (Fsp3) is 0.538. The van der Waals surface area contributed by atoms with Crippen LogP contribution in [0.5, 0.6) is 11.5 Å². The van der Waals surface area contributed by atoms with E-state index >= 15 is 0 Å². The Morgan fingerprint density at radius 3 is 1.31 bits per heavy atom. The molecule has 0 bridgehead atoms. The monoisotopic (exact) mass is 444 g/mol. The van der Waals surface area contributed by atoms with Gasteiger partial charge in [0.25, 0.3) is 0 Å². The second-order valence-electron chi connectivity index (χ2n) is 7.56. The highest BCUT2D eigenvalue weighted by Gasteiger charge is 1.97. The van der Waals surface area contributed by atoms with E-state index in [0.29, 0.717) is 26.4 Å². The molecule has 2 N–H and O–H groups in total. The lowest BCUT2D eigenvalue weighted by atomic mass is 10.2. The van der Waals surface area contributed by atoms with Crippen LogP contribution in [0.4, 0.5) is 0 Å². The third-order valence-electron chi connectivity index (χ3n) is 4.67. The molecule has 0 saturated carbocycles. The van der Waals surface area contributed by atoms with E-state index in [1.54, 1.807) is 0 Å². The standard InChI is InChI=1S/C26H40N2O4/c1-3-15-31-25-9-5-23(6-10-25)21-27-13-17-29-19-20-30-18-14-28-22-24-7-11-26(12-8-24)32-16-4-2/h5-12,27-28H,3-4,13-22H2,1-2H3. The number of hydrogen-bond donors (Lipinski definition) is 2. The minimum Gasteiger partial charge on any atom is -0.494 e. The molecule has 32 heavy (non-hydrogen) atoms. The molecule has 0 fully saturated rings. The first-order valence-electron chi connectivity index (χ1n) is 11.8. The summed E-state index contributed by atoms with van der Waals surface area (Å²) in [5.74, 6) is 1.86. The average molecular weight is 445 g/mol. The molecule has 0 heterocycles. The van der Waals surface area contributed by atoms with E-state index in [-0.39, 0.29) is 0 Å². The smallest absolute Gasteiger partial charge is 0.119 e. The molecule has 0 spiro atoms. The van der Waals surface area contributed by atoms with Crippen LogP contribution in [-0.2, 0) is 22.6 Å². The van der Waals surface area contributed by atoms with Crippen molar-refractivity contribution in [2.75, 3.05) is 52.7 Å². The molecule has 0 atom stereocenters. The average Bonchev–Trinajstić information content (AvgIpc) is 2.83. The number of benzene rings is 2. The molecule has 0 unspecified atom stereocenters. The molecule has 0 amide bonds. The van der Waals surface area contributed by atoms with Gasteiger partial charge in [-0.15, -0.1) is 0 Å². The highest BCUT2D eigenvalue weighted by molar-refractivity contribution is 5.27. The van der Waals surface area contributed by atoms with Crippen LogP contribution in [0.3, 0.4) is 0 Å². The zero-order chi connectivity index (χ0) is 22.7. The molecule has 6 nitrogen and oxygen atoms in total. The molecule has 0 saturated heterocycles. The second-order valence-corrected chi connectivity index (χ2v) is 7.56. The molecule has 0 aliphatic heterocycles. The van der Waals surface area contributed by atoms with Gasteiger partial charge in [-0.3, -0.25) is 0 Å². The third kappa shape index (κ3) is 12.1. The lowest BCUT2D eigenvalue weighted by Crippen LogP contribution is -2.22. The fourth-order valence-corrected chi connectivity index (χ4v) is 2.92. The van der Waals surface area contributed by atoms with Crippen LogP contribution in [0.25, 0.3) is 0 Å². The van der Waals surface area contributed by atoms with Gasteiger partial charge in [0.05, 0.1) is 39.6 Å². The Morgan fingerprint density at radius 2 is 0.938 bits per heavy atom. The quantitative estimate of drug-likeness (QED) is 0.317. The number of rotatable bonds is 19. The fourth-order valence-electron chi connectivity index (χ4n) is 2.92. The van der Waals surface area contributed by atoms with Crippen molar-refractivity contribution in [2.45, 2.75) is 39.8 Å². The molecular weight excluding hydrogens is 404 g/mol. The lowest BCUT2D eigenvalue weighted by molar-refractivity contribution is 0.0498. The minimum absolute atomic E-state index is 0.615. The van der Waals surface area contributed by atoms with Crippen LogP contribution in [0.2, 0.25) is 0 Å². The largest absolute Gasteiger partial charge is 0.494 e. The summed E-state index contributed by atoms with van der Waals surface area (Å²) in [5, 5.41) is 6.78. The van der Waals surface area contributed by atoms with Crippen LogP contribution >= 0.6 is 0 Å². The van der Waals surface area contributed by atoms with Gasteiger partial charge >= 0.3 is 0 Å². The predicted molar refractivity (Wildman–Crippen MR) is 130 cm³/mol. The summed E-state index contributed by atoms with van der Waals surface area (Å²) in [6.07, 6.45) is 2.05. The Labute approximate surface area is 193 Å². The molecular formula is C26H40N2O4. The predicted octanol–water partition coefficient (Wildman–Crippen LogP) is 4.18. The van der Waals surface area contributed by atoms with E-state index in [0.717, 1.165) is 63.7 Å².